The maximum absolute atomic E-state index is 6.17. The van der Waals surface area contributed by atoms with E-state index in [4.69, 9.17) is 9.72 Å². The maximum Gasteiger partial charge on any atom is 0.197 e. The first-order valence-electron chi connectivity index (χ1n) is 10.2. The van der Waals surface area contributed by atoms with Crippen LogP contribution in [0.5, 0.6) is 0 Å². The number of benzene rings is 1. The number of hydrogen-bond acceptors (Lipinski definition) is 7. The van der Waals surface area contributed by atoms with Gasteiger partial charge < -0.3 is 4.74 Å². The van der Waals surface area contributed by atoms with Crippen molar-refractivity contribution < 1.29 is 4.74 Å². The Morgan fingerprint density at radius 2 is 2.03 bits per heavy atom. The molecule has 1 unspecified atom stereocenters. The van der Waals surface area contributed by atoms with Crippen molar-refractivity contribution in [3.63, 3.8) is 0 Å². The SMILES string of the molecule is CCC1(C)Cc2c(sc3nc(SC)n4c(SCCc5ccccc5)nnc4c23)CO1. The monoisotopic (exact) mass is 456 g/mol. The molecule has 0 fully saturated rings. The van der Waals surface area contributed by atoms with Crippen molar-refractivity contribution in [3.8, 4) is 0 Å². The zero-order chi connectivity index (χ0) is 20.7. The molecule has 0 saturated carbocycles. The lowest BCUT2D eigenvalue weighted by Gasteiger charge is -2.32. The zero-order valence-corrected chi connectivity index (χ0v) is 19.8. The number of aryl methyl sites for hydroxylation is 1. The molecule has 0 bridgehead atoms. The van der Waals surface area contributed by atoms with E-state index in [1.165, 1.54) is 16.0 Å². The van der Waals surface area contributed by atoms with Crippen LogP contribution in [0.25, 0.3) is 15.9 Å². The summed E-state index contributed by atoms with van der Waals surface area (Å²) < 4.78 is 8.32. The summed E-state index contributed by atoms with van der Waals surface area (Å²) in [6, 6.07) is 10.6. The molecule has 4 heterocycles. The Morgan fingerprint density at radius 1 is 1.20 bits per heavy atom. The van der Waals surface area contributed by atoms with E-state index in [2.05, 4.69) is 65.0 Å². The molecule has 0 aliphatic carbocycles. The molecule has 0 spiro atoms. The highest BCUT2D eigenvalue weighted by Gasteiger charge is 2.33. The molecule has 1 aromatic carbocycles. The lowest BCUT2D eigenvalue weighted by Crippen LogP contribution is -2.33. The van der Waals surface area contributed by atoms with Crippen molar-refractivity contribution in [1.82, 2.24) is 19.6 Å². The number of thiophene rings is 1. The third-order valence-electron chi connectivity index (χ3n) is 5.82. The van der Waals surface area contributed by atoms with Gasteiger partial charge in [0.1, 0.15) is 4.83 Å². The molecule has 0 amide bonds. The minimum Gasteiger partial charge on any atom is -0.369 e. The molecule has 5 nitrogen and oxygen atoms in total. The second-order valence-corrected chi connectivity index (χ2v) is 10.7. The maximum atomic E-state index is 6.17. The predicted octanol–water partition coefficient (Wildman–Crippen LogP) is 5.64. The van der Waals surface area contributed by atoms with Crippen LogP contribution < -0.4 is 0 Å². The fourth-order valence-electron chi connectivity index (χ4n) is 3.88. The second kappa shape index (κ2) is 8.15. The molecule has 0 saturated heterocycles. The van der Waals surface area contributed by atoms with Crippen LogP contribution in [0.2, 0.25) is 0 Å². The zero-order valence-electron chi connectivity index (χ0n) is 17.3. The van der Waals surface area contributed by atoms with Crippen LogP contribution in [0.15, 0.2) is 40.6 Å². The average Bonchev–Trinajstić information content (AvgIpc) is 3.35. The fraction of sp³-hybridized carbons (Fsp3) is 0.409. The van der Waals surface area contributed by atoms with Crippen LogP contribution in [0.4, 0.5) is 0 Å². The molecule has 156 valence electrons. The molecule has 3 aromatic heterocycles. The largest absolute Gasteiger partial charge is 0.369 e. The Balaban J connectivity index is 1.54. The summed E-state index contributed by atoms with van der Waals surface area (Å²) in [5.41, 5.74) is 3.51. The number of aromatic nitrogens is 4. The van der Waals surface area contributed by atoms with Gasteiger partial charge in [-0.1, -0.05) is 60.8 Å². The standard InChI is InChI=1S/C22H24N4OS3/c1-4-22(2)12-15-16(13-27-22)30-19-17(15)18-24-25-21(26(18)20(23-19)28-3)29-11-10-14-8-6-5-7-9-14/h5-9H,4,10-13H2,1-3H3. The van der Waals surface area contributed by atoms with Crippen LogP contribution in [-0.2, 0) is 24.2 Å². The quantitative estimate of drug-likeness (QED) is 0.277. The van der Waals surface area contributed by atoms with Gasteiger partial charge in [-0.3, -0.25) is 0 Å². The topological polar surface area (TPSA) is 52.3 Å². The molecular weight excluding hydrogens is 432 g/mol. The summed E-state index contributed by atoms with van der Waals surface area (Å²) in [7, 11) is 0. The lowest BCUT2D eigenvalue weighted by atomic mass is 9.90. The molecule has 1 aliphatic rings. The summed E-state index contributed by atoms with van der Waals surface area (Å²) in [6.07, 6.45) is 4.96. The van der Waals surface area contributed by atoms with E-state index >= 15 is 0 Å². The molecule has 1 atom stereocenters. The number of hydrogen-bond donors (Lipinski definition) is 0. The van der Waals surface area contributed by atoms with Gasteiger partial charge in [0.05, 0.1) is 17.6 Å². The van der Waals surface area contributed by atoms with Crippen molar-refractivity contribution in [1.29, 1.82) is 0 Å². The van der Waals surface area contributed by atoms with E-state index in [1.54, 1.807) is 34.9 Å². The van der Waals surface area contributed by atoms with E-state index in [-0.39, 0.29) is 5.60 Å². The predicted molar refractivity (Wildman–Crippen MR) is 126 cm³/mol. The Morgan fingerprint density at radius 3 is 2.80 bits per heavy atom. The molecule has 0 radical (unpaired) electrons. The number of rotatable bonds is 6. The Bertz CT molecular complexity index is 1200. The Kier molecular flexibility index (Phi) is 5.51. The van der Waals surface area contributed by atoms with Crippen molar-refractivity contribution in [2.75, 3.05) is 12.0 Å². The smallest absolute Gasteiger partial charge is 0.197 e. The third-order valence-corrected chi connectivity index (χ3v) is 8.48. The van der Waals surface area contributed by atoms with Gasteiger partial charge in [0, 0.05) is 17.1 Å². The average molecular weight is 457 g/mol. The summed E-state index contributed by atoms with van der Waals surface area (Å²) in [4.78, 5) is 7.33. The van der Waals surface area contributed by atoms with Gasteiger partial charge in [0.2, 0.25) is 0 Å². The molecule has 4 aromatic rings. The highest BCUT2D eigenvalue weighted by molar-refractivity contribution is 7.99. The number of fused-ring (bicyclic) bond motifs is 5. The highest BCUT2D eigenvalue weighted by Crippen LogP contribution is 2.42. The van der Waals surface area contributed by atoms with Crippen LogP contribution >= 0.6 is 34.9 Å². The Labute approximate surface area is 188 Å². The van der Waals surface area contributed by atoms with Crippen LogP contribution in [0, 0.1) is 0 Å². The van der Waals surface area contributed by atoms with Crippen LogP contribution in [0.1, 0.15) is 36.3 Å². The summed E-state index contributed by atoms with van der Waals surface area (Å²) in [6.45, 7) is 5.06. The minimum absolute atomic E-state index is 0.122. The van der Waals surface area contributed by atoms with E-state index in [1.807, 2.05) is 0 Å². The molecule has 1 aliphatic heterocycles. The van der Waals surface area contributed by atoms with E-state index < -0.39 is 0 Å². The lowest BCUT2D eigenvalue weighted by molar-refractivity contribution is -0.0542. The first kappa shape index (κ1) is 20.3. The van der Waals surface area contributed by atoms with Gasteiger partial charge in [0.25, 0.3) is 0 Å². The number of ether oxygens (including phenoxy) is 1. The normalized spacial score (nSPS) is 18.9. The van der Waals surface area contributed by atoms with Crippen molar-refractivity contribution in [3.05, 3.63) is 46.3 Å². The Hall–Kier alpha value is -1.61. The summed E-state index contributed by atoms with van der Waals surface area (Å²) in [5, 5.41) is 12.2. The van der Waals surface area contributed by atoms with E-state index in [0.717, 1.165) is 51.2 Å². The first-order chi connectivity index (χ1) is 14.6. The third kappa shape index (κ3) is 3.53. The molecule has 8 heteroatoms. The molecule has 30 heavy (non-hydrogen) atoms. The first-order valence-corrected chi connectivity index (χ1v) is 13.2. The van der Waals surface area contributed by atoms with Gasteiger partial charge in [-0.15, -0.1) is 21.5 Å². The van der Waals surface area contributed by atoms with Crippen LogP contribution in [-0.4, -0.2) is 37.2 Å². The second-order valence-electron chi connectivity index (χ2n) is 7.78. The number of thioether (sulfide) groups is 2. The van der Waals surface area contributed by atoms with Gasteiger partial charge in [0.15, 0.2) is 16.0 Å². The van der Waals surface area contributed by atoms with E-state index in [9.17, 15) is 0 Å². The van der Waals surface area contributed by atoms with Gasteiger partial charge in [-0.05, 0) is 37.1 Å². The minimum atomic E-state index is -0.122. The summed E-state index contributed by atoms with van der Waals surface area (Å²) >= 11 is 5.14. The van der Waals surface area contributed by atoms with Crippen molar-refractivity contribution in [2.24, 2.45) is 0 Å². The van der Waals surface area contributed by atoms with E-state index in [0.29, 0.717) is 6.61 Å². The molecule has 5 rings (SSSR count). The van der Waals surface area contributed by atoms with Gasteiger partial charge in [-0.2, -0.15) is 0 Å². The van der Waals surface area contributed by atoms with Gasteiger partial charge >= 0.3 is 0 Å². The van der Waals surface area contributed by atoms with Crippen molar-refractivity contribution >= 4 is 50.7 Å². The summed E-state index contributed by atoms with van der Waals surface area (Å²) in [5.74, 6) is 0.958. The fourth-order valence-corrected chi connectivity index (χ4v) is 6.55. The van der Waals surface area contributed by atoms with Crippen LogP contribution in [0.3, 0.4) is 0 Å². The number of nitrogens with zero attached hydrogens (tertiary/aromatic N) is 4. The van der Waals surface area contributed by atoms with Gasteiger partial charge in [-0.25, -0.2) is 9.38 Å². The molecule has 0 N–H and O–H groups in total. The highest BCUT2D eigenvalue weighted by atomic mass is 32.2. The molecular formula is C22H24N4OS3. The van der Waals surface area contributed by atoms with Crippen molar-refractivity contribution in [2.45, 2.75) is 55.6 Å².